The van der Waals surface area contributed by atoms with Crippen LogP contribution in [0.15, 0.2) is 48.8 Å². The van der Waals surface area contributed by atoms with Crippen LogP contribution >= 0.6 is 0 Å². The van der Waals surface area contributed by atoms with Gasteiger partial charge in [0.15, 0.2) is 16.6 Å². The highest BCUT2D eigenvalue weighted by Gasteiger charge is 2.75. The minimum Gasteiger partial charge on any atom is -0.468 e. The zero-order valence-electron chi connectivity index (χ0n) is 19.2. The van der Waals surface area contributed by atoms with Crippen molar-refractivity contribution in [1.82, 2.24) is 19.8 Å². The van der Waals surface area contributed by atoms with Crippen molar-refractivity contribution in [2.24, 2.45) is 10.8 Å². The molecule has 2 aliphatic heterocycles. The van der Waals surface area contributed by atoms with Crippen molar-refractivity contribution in [3.05, 3.63) is 60.2 Å². The Bertz CT molecular complexity index is 970. The Kier molecular flexibility index (Phi) is 6.02. The van der Waals surface area contributed by atoms with Gasteiger partial charge in [0.1, 0.15) is 0 Å². The lowest BCUT2D eigenvalue weighted by atomic mass is 9.54. The summed E-state index contributed by atoms with van der Waals surface area (Å²) < 4.78 is 10.4. The number of fused-ring (bicyclic) bond motifs is 2. The Hall–Kier alpha value is -3.17. The van der Waals surface area contributed by atoms with E-state index in [0.29, 0.717) is 17.9 Å². The van der Waals surface area contributed by atoms with Crippen LogP contribution in [0.1, 0.15) is 30.4 Å². The number of carbonyl (C=O) groups is 3. The molecule has 0 radical (unpaired) electrons. The van der Waals surface area contributed by atoms with Crippen LogP contribution in [0.3, 0.4) is 0 Å². The van der Waals surface area contributed by atoms with Gasteiger partial charge in [-0.1, -0.05) is 19.1 Å². The molecule has 0 spiro atoms. The van der Waals surface area contributed by atoms with E-state index in [2.05, 4.69) is 9.97 Å². The van der Waals surface area contributed by atoms with Crippen LogP contribution in [-0.4, -0.2) is 78.4 Å². The maximum Gasteiger partial charge on any atom is 0.322 e. The first-order chi connectivity index (χ1) is 15.9. The summed E-state index contributed by atoms with van der Waals surface area (Å²) in [6.45, 7) is 2.53. The molecule has 2 bridgehead atoms. The van der Waals surface area contributed by atoms with Gasteiger partial charge in [-0.05, 0) is 37.9 Å². The van der Waals surface area contributed by atoms with Crippen molar-refractivity contribution < 1.29 is 23.9 Å². The number of nitrogens with zero attached hydrogens (tertiary/aromatic N) is 4. The molecule has 0 amide bonds. The number of pyridine rings is 2. The molecule has 2 fully saturated rings. The third kappa shape index (κ3) is 3.18. The normalized spacial score (nSPS) is 30.0. The quantitative estimate of drug-likeness (QED) is 0.492. The van der Waals surface area contributed by atoms with E-state index in [1.165, 1.54) is 14.2 Å². The molecule has 9 nitrogen and oxygen atoms in total. The van der Waals surface area contributed by atoms with Gasteiger partial charge in [0, 0.05) is 25.5 Å². The summed E-state index contributed by atoms with van der Waals surface area (Å²) in [6.07, 6.45) is 3.26. The maximum absolute atomic E-state index is 14.5. The highest BCUT2D eigenvalue weighted by Crippen LogP contribution is 2.60. The van der Waals surface area contributed by atoms with Gasteiger partial charge in [-0.25, -0.2) is 0 Å². The van der Waals surface area contributed by atoms with Gasteiger partial charge in [-0.2, -0.15) is 0 Å². The number of piperidine rings is 2. The lowest BCUT2D eigenvalue weighted by Crippen LogP contribution is -2.75. The van der Waals surface area contributed by atoms with Crippen molar-refractivity contribution in [2.45, 2.75) is 19.0 Å². The molecule has 0 saturated carbocycles. The Balaban J connectivity index is 2.10. The Labute approximate surface area is 192 Å². The van der Waals surface area contributed by atoms with E-state index in [-0.39, 0.29) is 13.1 Å². The standard InChI is InChI=1S/C24H28N4O5/c1-5-28-18(16-10-6-8-12-25-16)23(21(30)32-3)14-27(2)15-24(20(23)29,22(31)33-4)19(28)17-11-7-9-13-26-17/h6-13,18-19H,5,14-15H2,1-4H3. The molecule has 4 rings (SSSR count). The third-order valence-corrected chi connectivity index (χ3v) is 6.85. The molecule has 4 unspecified atom stereocenters. The van der Waals surface area contributed by atoms with Crippen LogP contribution < -0.4 is 0 Å². The molecule has 0 aromatic carbocycles. The number of esters is 2. The van der Waals surface area contributed by atoms with Crippen molar-refractivity contribution >= 4 is 17.7 Å². The van der Waals surface area contributed by atoms with Crippen LogP contribution in [0.25, 0.3) is 0 Å². The minimum absolute atomic E-state index is 0.0872. The zero-order valence-corrected chi connectivity index (χ0v) is 19.2. The van der Waals surface area contributed by atoms with Crippen LogP contribution in [-0.2, 0) is 23.9 Å². The lowest BCUT2D eigenvalue weighted by Gasteiger charge is -2.60. The Morgan fingerprint density at radius 2 is 1.39 bits per heavy atom. The predicted octanol–water partition coefficient (Wildman–Crippen LogP) is 1.43. The summed E-state index contributed by atoms with van der Waals surface area (Å²) in [5.74, 6) is -1.90. The number of aromatic nitrogens is 2. The second-order valence-electron chi connectivity index (χ2n) is 8.57. The first-order valence-electron chi connectivity index (χ1n) is 10.9. The summed E-state index contributed by atoms with van der Waals surface area (Å²) in [4.78, 5) is 54.4. The molecule has 9 heteroatoms. The molecular weight excluding hydrogens is 424 g/mol. The highest BCUT2D eigenvalue weighted by molar-refractivity contribution is 6.17. The molecule has 2 aromatic heterocycles. The van der Waals surface area contributed by atoms with E-state index in [0.717, 1.165) is 0 Å². The summed E-state index contributed by atoms with van der Waals surface area (Å²) in [6, 6.07) is 9.23. The number of Topliss-reactive ketones (excluding diaryl/α,β-unsaturated/α-hetero) is 1. The largest absolute Gasteiger partial charge is 0.468 e. The molecular formula is C24H28N4O5. The van der Waals surface area contributed by atoms with Crippen LogP contribution in [0.2, 0.25) is 0 Å². The van der Waals surface area contributed by atoms with Crippen molar-refractivity contribution in [1.29, 1.82) is 0 Å². The third-order valence-electron chi connectivity index (χ3n) is 6.85. The van der Waals surface area contributed by atoms with E-state index < -0.39 is 40.6 Å². The lowest BCUT2D eigenvalue weighted by molar-refractivity contribution is -0.204. The molecule has 2 saturated heterocycles. The number of hydrogen-bond donors (Lipinski definition) is 0. The predicted molar refractivity (Wildman–Crippen MR) is 118 cm³/mol. The van der Waals surface area contributed by atoms with E-state index in [1.807, 2.05) is 28.9 Å². The number of carbonyl (C=O) groups excluding carboxylic acids is 3. The highest BCUT2D eigenvalue weighted by atomic mass is 16.5. The molecule has 4 heterocycles. The van der Waals surface area contributed by atoms with Crippen molar-refractivity contribution in [3.63, 3.8) is 0 Å². The van der Waals surface area contributed by atoms with Gasteiger partial charge in [-0.15, -0.1) is 0 Å². The van der Waals surface area contributed by atoms with Crippen LogP contribution in [0, 0.1) is 10.8 Å². The first-order valence-corrected chi connectivity index (χ1v) is 10.9. The topological polar surface area (TPSA) is 102 Å². The molecule has 2 aliphatic rings. The van der Waals surface area contributed by atoms with Crippen molar-refractivity contribution in [2.75, 3.05) is 40.9 Å². The Morgan fingerprint density at radius 1 is 0.939 bits per heavy atom. The second kappa shape index (κ2) is 8.64. The number of likely N-dealkylation sites (tertiary alicyclic amines) is 2. The van der Waals surface area contributed by atoms with Gasteiger partial charge in [0.2, 0.25) is 0 Å². The van der Waals surface area contributed by atoms with E-state index in [4.69, 9.17) is 9.47 Å². The minimum atomic E-state index is -1.68. The monoisotopic (exact) mass is 452 g/mol. The summed E-state index contributed by atoms with van der Waals surface area (Å²) in [5.41, 5.74) is -2.25. The molecule has 0 aliphatic carbocycles. The van der Waals surface area contributed by atoms with Crippen LogP contribution in [0.5, 0.6) is 0 Å². The number of methoxy groups -OCH3 is 2. The first kappa shape index (κ1) is 23.0. The second-order valence-corrected chi connectivity index (χ2v) is 8.57. The van der Waals surface area contributed by atoms with Gasteiger partial charge in [-0.3, -0.25) is 29.3 Å². The van der Waals surface area contributed by atoms with E-state index in [9.17, 15) is 14.4 Å². The van der Waals surface area contributed by atoms with E-state index >= 15 is 0 Å². The van der Waals surface area contributed by atoms with Gasteiger partial charge in [0.25, 0.3) is 0 Å². The fourth-order valence-corrected chi connectivity index (χ4v) is 5.77. The average Bonchev–Trinajstić information content (AvgIpc) is 2.85. The van der Waals surface area contributed by atoms with Crippen LogP contribution in [0.4, 0.5) is 0 Å². The molecule has 0 N–H and O–H groups in total. The van der Waals surface area contributed by atoms with Gasteiger partial charge >= 0.3 is 11.9 Å². The zero-order chi connectivity index (χ0) is 23.8. The SMILES string of the molecule is CCN1C(c2ccccn2)C2(C(=O)OC)CN(C)CC(C(=O)OC)(C2=O)C1c1ccccn1. The molecule has 2 aromatic rings. The molecule has 174 valence electrons. The number of ketones is 1. The summed E-state index contributed by atoms with van der Waals surface area (Å²) in [7, 11) is 4.30. The fraction of sp³-hybridized carbons (Fsp3) is 0.458. The Morgan fingerprint density at radius 3 is 1.73 bits per heavy atom. The number of ether oxygens (including phenoxy) is 2. The van der Waals surface area contributed by atoms with Gasteiger partial charge in [0.05, 0.1) is 37.7 Å². The molecule has 4 atom stereocenters. The fourth-order valence-electron chi connectivity index (χ4n) is 5.77. The number of rotatable bonds is 5. The number of hydrogen-bond acceptors (Lipinski definition) is 9. The maximum atomic E-state index is 14.5. The smallest absolute Gasteiger partial charge is 0.322 e. The van der Waals surface area contributed by atoms with Gasteiger partial charge < -0.3 is 14.4 Å². The average molecular weight is 453 g/mol. The van der Waals surface area contributed by atoms with Crippen molar-refractivity contribution in [3.8, 4) is 0 Å². The summed E-state index contributed by atoms with van der Waals surface area (Å²) in [5, 5.41) is 0. The molecule has 33 heavy (non-hydrogen) atoms. The summed E-state index contributed by atoms with van der Waals surface area (Å²) >= 11 is 0. The van der Waals surface area contributed by atoms with E-state index in [1.54, 1.807) is 43.7 Å².